The maximum atomic E-state index is 6.42. The molecule has 0 saturated carbocycles. The highest BCUT2D eigenvalue weighted by molar-refractivity contribution is 6.67. The van der Waals surface area contributed by atoms with Crippen LogP contribution in [0.25, 0.3) is 0 Å². The molecular formula is C38H80O2Si. The molecule has 248 valence electrons. The first-order chi connectivity index (χ1) is 20.2. The zero-order valence-electron chi connectivity index (χ0n) is 29.4. The van der Waals surface area contributed by atoms with E-state index in [2.05, 4.69) is 27.7 Å². The third-order valence-electron chi connectivity index (χ3n) is 9.14. The Morgan fingerprint density at radius 3 is 0.659 bits per heavy atom. The van der Waals surface area contributed by atoms with Gasteiger partial charge < -0.3 is 8.85 Å². The fourth-order valence-corrected chi connectivity index (χ4v) is 10.1. The highest BCUT2D eigenvalue weighted by Gasteiger charge is 2.35. The SMILES string of the molecule is CCCCCCCCCCCCCCCCCCCC[Si](CCCCCCCCCCCCCC)(OCC)OCC. The second-order valence-electron chi connectivity index (χ2n) is 13.2. The molecule has 0 heterocycles. The van der Waals surface area contributed by atoms with Gasteiger partial charge in [0, 0.05) is 13.2 Å². The summed E-state index contributed by atoms with van der Waals surface area (Å²) in [5, 5.41) is 0. The molecule has 0 spiro atoms. The lowest BCUT2D eigenvalue weighted by molar-refractivity contribution is 0.180. The molecule has 0 radical (unpaired) electrons. The molecule has 0 amide bonds. The molecule has 0 saturated heterocycles. The van der Waals surface area contributed by atoms with Crippen molar-refractivity contribution in [2.75, 3.05) is 13.2 Å². The molecule has 0 unspecified atom stereocenters. The molecule has 0 N–H and O–H groups in total. The van der Waals surface area contributed by atoms with Crippen LogP contribution in [0.4, 0.5) is 0 Å². The van der Waals surface area contributed by atoms with Gasteiger partial charge in [-0.2, -0.15) is 0 Å². The summed E-state index contributed by atoms with van der Waals surface area (Å²) in [4.78, 5) is 0. The van der Waals surface area contributed by atoms with Gasteiger partial charge in [0.05, 0.1) is 0 Å². The third-order valence-corrected chi connectivity index (χ3v) is 13.0. The van der Waals surface area contributed by atoms with Crippen LogP contribution in [0.15, 0.2) is 0 Å². The average molecular weight is 597 g/mol. The minimum absolute atomic E-state index is 0.823. The lowest BCUT2D eigenvalue weighted by atomic mass is 10.0. The highest BCUT2D eigenvalue weighted by Crippen LogP contribution is 2.27. The molecule has 0 aliphatic heterocycles. The third kappa shape index (κ3) is 30.0. The van der Waals surface area contributed by atoms with Crippen LogP contribution in [0.3, 0.4) is 0 Å². The Balaban J connectivity index is 3.72. The van der Waals surface area contributed by atoms with E-state index in [1.807, 2.05) is 0 Å². The average Bonchev–Trinajstić information content (AvgIpc) is 2.97. The monoisotopic (exact) mass is 597 g/mol. The quantitative estimate of drug-likeness (QED) is 0.0529. The van der Waals surface area contributed by atoms with Crippen molar-refractivity contribution in [3.05, 3.63) is 0 Å². The minimum Gasteiger partial charge on any atom is -0.394 e. The van der Waals surface area contributed by atoms with Gasteiger partial charge in [0.2, 0.25) is 0 Å². The molecule has 0 rings (SSSR count). The topological polar surface area (TPSA) is 18.5 Å². The summed E-state index contributed by atoms with van der Waals surface area (Å²) in [7, 11) is -2.00. The largest absolute Gasteiger partial charge is 0.394 e. The molecular weight excluding hydrogens is 517 g/mol. The molecule has 0 aromatic rings. The van der Waals surface area contributed by atoms with Gasteiger partial charge in [-0.3, -0.25) is 0 Å². The van der Waals surface area contributed by atoms with Crippen LogP contribution < -0.4 is 0 Å². The second-order valence-corrected chi connectivity index (χ2v) is 16.6. The van der Waals surface area contributed by atoms with Gasteiger partial charge >= 0.3 is 8.56 Å². The minimum atomic E-state index is -2.00. The Morgan fingerprint density at radius 1 is 0.268 bits per heavy atom. The molecule has 0 fully saturated rings. The second kappa shape index (κ2) is 34.6. The van der Waals surface area contributed by atoms with Crippen LogP contribution in [0.1, 0.15) is 220 Å². The molecule has 0 atom stereocenters. The first-order valence-electron chi connectivity index (χ1n) is 19.5. The summed E-state index contributed by atoms with van der Waals surface area (Å²) in [5.74, 6) is 0. The Bertz CT molecular complexity index is 463. The molecule has 0 aliphatic carbocycles. The molecule has 41 heavy (non-hydrogen) atoms. The summed E-state index contributed by atoms with van der Waals surface area (Å²) in [6.45, 7) is 10.6. The Labute approximate surface area is 262 Å². The Hall–Kier alpha value is 0.137. The molecule has 0 aromatic carbocycles. The van der Waals surface area contributed by atoms with E-state index in [1.165, 1.54) is 205 Å². The van der Waals surface area contributed by atoms with Crippen molar-refractivity contribution in [3.63, 3.8) is 0 Å². The van der Waals surface area contributed by atoms with Crippen LogP contribution in [-0.2, 0) is 8.85 Å². The van der Waals surface area contributed by atoms with Gasteiger partial charge in [-0.15, -0.1) is 0 Å². The fraction of sp³-hybridized carbons (Fsp3) is 1.00. The van der Waals surface area contributed by atoms with E-state index in [-0.39, 0.29) is 0 Å². The number of unbranched alkanes of at least 4 members (excludes halogenated alkanes) is 28. The highest BCUT2D eigenvalue weighted by atomic mass is 28.4. The van der Waals surface area contributed by atoms with E-state index >= 15 is 0 Å². The van der Waals surface area contributed by atoms with E-state index in [0.29, 0.717) is 0 Å². The van der Waals surface area contributed by atoms with Crippen molar-refractivity contribution in [1.29, 1.82) is 0 Å². The van der Waals surface area contributed by atoms with Crippen LogP contribution in [-0.4, -0.2) is 21.8 Å². The van der Waals surface area contributed by atoms with Gasteiger partial charge in [0.1, 0.15) is 0 Å². The summed E-state index contributed by atoms with van der Waals surface area (Å²) in [5.41, 5.74) is 0. The smallest absolute Gasteiger partial charge is 0.338 e. The molecule has 0 aliphatic rings. The maximum absolute atomic E-state index is 6.42. The summed E-state index contributed by atoms with van der Waals surface area (Å²) >= 11 is 0. The lowest BCUT2D eigenvalue weighted by Crippen LogP contribution is -2.42. The Morgan fingerprint density at radius 2 is 0.463 bits per heavy atom. The standard InChI is InChI=1S/C38H80O2Si/c1-5-9-11-13-15-17-19-21-22-23-24-25-26-28-30-32-34-36-38-41(39-7-3,40-8-4)37-35-33-31-29-27-20-18-16-14-12-10-6-2/h5-38H2,1-4H3. The van der Waals surface area contributed by atoms with Gasteiger partial charge in [-0.05, 0) is 25.9 Å². The molecule has 2 nitrogen and oxygen atoms in total. The van der Waals surface area contributed by atoms with Gasteiger partial charge in [0.25, 0.3) is 0 Å². The van der Waals surface area contributed by atoms with Crippen LogP contribution >= 0.6 is 0 Å². The lowest BCUT2D eigenvalue weighted by Gasteiger charge is -2.30. The van der Waals surface area contributed by atoms with Crippen molar-refractivity contribution < 1.29 is 8.85 Å². The first kappa shape index (κ1) is 41.1. The number of hydrogen-bond acceptors (Lipinski definition) is 2. The van der Waals surface area contributed by atoms with Crippen LogP contribution in [0.5, 0.6) is 0 Å². The van der Waals surface area contributed by atoms with Crippen molar-refractivity contribution >= 4 is 8.56 Å². The molecule has 3 heteroatoms. The van der Waals surface area contributed by atoms with E-state index < -0.39 is 8.56 Å². The predicted octanol–water partition coefficient (Wildman–Crippen LogP) is 14.2. The fourth-order valence-electron chi connectivity index (χ4n) is 6.51. The zero-order valence-corrected chi connectivity index (χ0v) is 30.4. The van der Waals surface area contributed by atoms with E-state index in [1.54, 1.807) is 0 Å². The van der Waals surface area contributed by atoms with Crippen LogP contribution in [0, 0.1) is 0 Å². The molecule has 0 bridgehead atoms. The number of hydrogen-bond donors (Lipinski definition) is 0. The van der Waals surface area contributed by atoms with Gasteiger partial charge in [-0.1, -0.05) is 206 Å². The maximum Gasteiger partial charge on any atom is 0.338 e. The van der Waals surface area contributed by atoms with Crippen LogP contribution in [0.2, 0.25) is 12.1 Å². The summed E-state index contributed by atoms with van der Waals surface area (Å²) in [6.07, 6.45) is 42.8. The van der Waals surface area contributed by atoms with Gasteiger partial charge in [-0.25, -0.2) is 0 Å². The Kier molecular flexibility index (Phi) is 34.7. The van der Waals surface area contributed by atoms with E-state index in [4.69, 9.17) is 8.85 Å². The van der Waals surface area contributed by atoms with Crippen molar-refractivity contribution in [3.8, 4) is 0 Å². The molecule has 0 aromatic heterocycles. The van der Waals surface area contributed by atoms with Gasteiger partial charge in [0.15, 0.2) is 0 Å². The zero-order chi connectivity index (χ0) is 30.0. The van der Waals surface area contributed by atoms with E-state index in [9.17, 15) is 0 Å². The summed E-state index contributed by atoms with van der Waals surface area (Å²) in [6, 6.07) is 2.43. The number of rotatable bonds is 36. The van der Waals surface area contributed by atoms with E-state index in [0.717, 1.165) is 13.2 Å². The van der Waals surface area contributed by atoms with Crippen molar-refractivity contribution in [1.82, 2.24) is 0 Å². The first-order valence-corrected chi connectivity index (χ1v) is 21.8. The van der Waals surface area contributed by atoms with Crippen molar-refractivity contribution in [2.45, 2.75) is 232 Å². The van der Waals surface area contributed by atoms with Crippen molar-refractivity contribution in [2.24, 2.45) is 0 Å². The normalized spacial score (nSPS) is 12.0. The predicted molar refractivity (Wildman–Crippen MR) is 188 cm³/mol. The summed E-state index contributed by atoms with van der Waals surface area (Å²) < 4.78 is 12.8.